The summed E-state index contributed by atoms with van der Waals surface area (Å²) >= 11 is 0. The number of amides is 1. The summed E-state index contributed by atoms with van der Waals surface area (Å²) in [5.74, 6) is -0.579. The summed E-state index contributed by atoms with van der Waals surface area (Å²) in [6.07, 6.45) is 1.40. The minimum absolute atomic E-state index is 0.151. The number of benzene rings is 2. The molecular formula is C20H23NO3. The van der Waals surface area contributed by atoms with E-state index in [-0.39, 0.29) is 5.91 Å². The SMILES string of the molecule is COC(=O)C(Cc1ccccc1)NC(=O)CCc1ccc(C)cc1. The number of methoxy groups -OCH3 is 1. The van der Waals surface area contributed by atoms with Crippen LogP contribution in [-0.2, 0) is 27.2 Å². The Morgan fingerprint density at radius 2 is 1.67 bits per heavy atom. The Balaban J connectivity index is 1.91. The number of carbonyl (C=O) groups is 2. The zero-order valence-corrected chi connectivity index (χ0v) is 14.1. The Morgan fingerprint density at radius 3 is 2.29 bits per heavy atom. The van der Waals surface area contributed by atoms with Crippen LogP contribution in [0.3, 0.4) is 0 Å². The molecule has 0 aliphatic carbocycles. The van der Waals surface area contributed by atoms with E-state index in [4.69, 9.17) is 4.74 Å². The van der Waals surface area contributed by atoms with Gasteiger partial charge in [0.05, 0.1) is 7.11 Å². The molecule has 0 bridgehead atoms. The molecule has 1 atom stereocenters. The third-order valence-electron chi connectivity index (χ3n) is 3.86. The van der Waals surface area contributed by atoms with Gasteiger partial charge < -0.3 is 10.1 Å². The number of carbonyl (C=O) groups excluding carboxylic acids is 2. The number of esters is 1. The maximum absolute atomic E-state index is 12.2. The Kier molecular flexibility index (Phi) is 6.55. The first-order chi connectivity index (χ1) is 11.6. The second-order valence-corrected chi connectivity index (χ2v) is 5.82. The summed E-state index contributed by atoms with van der Waals surface area (Å²) in [7, 11) is 1.33. The number of ether oxygens (including phenoxy) is 1. The first-order valence-electron chi connectivity index (χ1n) is 8.05. The van der Waals surface area contributed by atoms with Gasteiger partial charge in [0.15, 0.2) is 0 Å². The van der Waals surface area contributed by atoms with Crippen LogP contribution in [0.1, 0.15) is 23.1 Å². The van der Waals surface area contributed by atoms with E-state index in [1.807, 2.05) is 61.5 Å². The molecular weight excluding hydrogens is 302 g/mol. The fourth-order valence-corrected chi connectivity index (χ4v) is 2.46. The molecule has 2 aromatic carbocycles. The topological polar surface area (TPSA) is 55.4 Å². The fourth-order valence-electron chi connectivity index (χ4n) is 2.46. The molecule has 0 spiro atoms. The Morgan fingerprint density at radius 1 is 1.00 bits per heavy atom. The summed E-state index contributed by atoms with van der Waals surface area (Å²) in [6, 6.07) is 17.0. The highest BCUT2D eigenvalue weighted by Gasteiger charge is 2.21. The zero-order valence-electron chi connectivity index (χ0n) is 14.1. The highest BCUT2D eigenvalue weighted by molar-refractivity contribution is 5.84. The van der Waals surface area contributed by atoms with Gasteiger partial charge in [-0.3, -0.25) is 4.79 Å². The second-order valence-electron chi connectivity index (χ2n) is 5.82. The average molecular weight is 325 g/mol. The first-order valence-corrected chi connectivity index (χ1v) is 8.05. The Labute approximate surface area is 142 Å². The van der Waals surface area contributed by atoms with E-state index in [1.54, 1.807) is 0 Å². The molecule has 0 saturated carbocycles. The molecule has 2 rings (SSSR count). The number of nitrogens with one attached hydrogen (secondary N) is 1. The second kappa shape index (κ2) is 8.87. The molecule has 0 radical (unpaired) electrons. The molecule has 0 aliphatic heterocycles. The highest BCUT2D eigenvalue weighted by atomic mass is 16.5. The number of rotatable bonds is 7. The molecule has 1 unspecified atom stereocenters. The lowest BCUT2D eigenvalue weighted by molar-refractivity contribution is -0.145. The molecule has 0 aromatic heterocycles. The summed E-state index contributed by atoms with van der Waals surface area (Å²) < 4.78 is 4.81. The van der Waals surface area contributed by atoms with Crippen LogP contribution < -0.4 is 5.32 Å². The van der Waals surface area contributed by atoms with Crippen molar-refractivity contribution in [2.45, 2.75) is 32.2 Å². The lowest BCUT2D eigenvalue weighted by Gasteiger charge is -2.16. The zero-order chi connectivity index (χ0) is 17.4. The van der Waals surface area contributed by atoms with Crippen molar-refractivity contribution in [2.75, 3.05) is 7.11 Å². The summed E-state index contributed by atoms with van der Waals surface area (Å²) in [5.41, 5.74) is 3.27. The predicted molar refractivity (Wildman–Crippen MR) is 93.6 cm³/mol. The lowest BCUT2D eigenvalue weighted by Crippen LogP contribution is -2.43. The van der Waals surface area contributed by atoms with E-state index in [2.05, 4.69) is 5.32 Å². The minimum atomic E-state index is -0.664. The Hall–Kier alpha value is -2.62. The van der Waals surface area contributed by atoms with Crippen molar-refractivity contribution in [3.63, 3.8) is 0 Å². The maximum Gasteiger partial charge on any atom is 0.328 e. The van der Waals surface area contributed by atoms with E-state index in [9.17, 15) is 9.59 Å². The van der Waals surface area contributed by atoms with Gasteiger partial charge in [-0.1, -0.05) is 60.2 Å². The number of hydrogen-bond acceptors (Lipinski definition) is 3. The van der Waals surface area contributed by atoms with Gasteiger partial charge in [0.2, 0.25) is 5.91 Å². The van der Waals surface area contributed by atoms with Gasteiger partial charge in [-0.25, -0.2) is 4.79 Å². The van der Waals surface area contributed by atoms with Crippen molar-refractivity contribution in [3.8, 4) is 0 Å². The number of hydrogen-bond donors (Lipinski definition) is 1. The maximum atomic E-state index is 12.2. The van der Waals surface area contributed by atoms with Gasteiger partial charge in [-0.15, -0.1) is 0 Å². The van der Waals surface area contributed by atoms with Gasteiger partial charge in [-0.05, 0) is 24.5 Å². The van der Waals surface area contributed by atoms with Crippen LogP contribution in [-0.4, -0.2) is 25.0 Å². The summed E-state index contributed by atoms with van der Waals surface area (Å²) in [4.78, 5) is 24.1. The largest absolute Gasteiger partial charge is 0.467 e. The van der Waals surface area contributed by atoms with E-state index < -0.39 is 12.0 Å². The van der Waals surface area contributed by atoms with Gasteiger partial charge in [0, 0.05) is 12.8 Å². The van der Waals surface area contributed by atoms with Crippen LogP contribution in [0.15, 0.2) is 54.6 Å². The van der Waals surface area contributed by atoms with Crippen molar-refractivity contribution >= 4 is 11.9 Å². The first kappa shape index (κ1) is 17.7. The van der Waals surface area contributed by atoms with Crippen LogP contribution in [0.5, 0.6) is 0 Å². The van der Waals surface area contributed by atoms with E-state index >= 15 is 0 Å². The van der Waals surface area contributed by atoms with Gasteiger partial charge in [0.1, 0.15) is 6.04 Å². The van der Waals surface area contributed by atoms with Crippen LogP contribution in [0.4, 0.5) is 0 Å². The molecule has 2 aromatic rings. The van der Waals surface area contributed by atoms with Gasteiger partial charge in [0.25, 0.3) is 0 Å². The van der Waals surface area contributed by atoms with Gasteiger partial charge >= 0.3 is 5.97 Å². The van der Waals surface area contributed by atoms with Crippen molar-refractivity contribution < 1.29 is 14.3 Å². The van der Waals surface area contributed by atoms with E-state index in [0.29, 0.717) is 19.3 Å². The molecule has 126 valence electrons. The van der Waals surface area contributed by atoms with Crippen molar-refractivity contribution in [3.05, 3.63) is 71.3 Å². The van der Waals surface area contributed by atoms with Crippen LogP contribution in [0, 0.1) is 6.92 Å². The monoisotopic (exact) mass is 325 g/mol. The van der Waals surface area contributed by atoms with E-state index in [0.717, 1.165) is 11.1 Å². The van der Waals surface area contributed by atoms with Crippen molar-refractivity contribution in [1.82, 2.24) is 5.32 Å². The van der Waals surface area contributed by atoms with Gasteiger partial charge in [-0.2, -0.15) is 0 Å². The average Bonchev–Trinajstić information content (AvgIpc) is 2.61. The Bertz CT molecular complexity index is 665. The molecule has 4 nitrogen and oxygen atoms in total. The normalized spacial score (nSPS) is 11.6. The minimum Gasteiger partial charge on any atom is -0.467 e. The van der Waals surface area contributed by atoms with Crippen LogP contribution >= 0.6 is 0 Å². The molecule has 4 heteroatoms. The fraction of sp³-hybridized carbons (Fsp3) is 0.300. The third kappa shape index (κ3) is 5.54. The molecule has 0 saturated heterocycles. The molecule has 1 amide bonds. The highest BCUT2D eigenvalue weighted by Crippen LogP contribution is 2.08. The molecule has 0 fully saturated rings. The quantitative estimate of drug-likeness (QED) is 0.797. The molecule has 0 aliphatic rings. The predicted octanol–water partition coefficient (Wildman–Crippen LogP) is 2.83. The summed E-state index contributed by atoms with van der Waals surface area (Å²) in [6.45, 7) is 2.03. The third-order valence-corrected chi connectivity index (χ3v) is 3.86. The van der Waals surface area contributed by atoms with Crippen LogP contribution in [0.2, 0.25) is 0 Å². The van der Waals surface area contributed by atoms with Crippen molar-refractivity contribution in [2.24, 2.45) is 0 Å². The number of aryl methyl sites for hydroxylation is 2. The molecule has 0 heterocycles. The lowest BCUT2D eigenvalue weighted by atomic mass is 10.0. The summed E-state index contributed by atoms with van der Waals surface area (Å²) in [5, 5.41) is 2.78. The van der Waals surface area contributed by atoms with E-state index in [1.165, 1.54) is 12.7 Å². The standard InChI is InChI=1S/C20H23NO3/c1-15-8-10-16(11-9-15)12-13-19(22)21-18(20(23)24-2)14-17-6-4-3-5-7-17/h3-11,18H,12-14H2,1-2H3,(H,21,22). The molecule has 24 heavy (non-hydrogen) atoms. The van der Waals surface area contributed by atoms with Crippen LogP contribution in [0.25, 0.3) is 0 Å². The smallest absolute Gasteiger partial charge is 0.328 e. The molecule has 1 N–H and O–H groups in total. The van der Waals surface area contributed by atoms with Crippen molar-refractivity contribution in [1.29, 1.82) is 0 Å².